The molecule has 1 heterocycles. The molecule has 1 aliphatic rings. The van der Waals surface area contributed by atoms with Gasteiger partial charge in [0.15, 0.2) is 11.2 Å². The molecular weight excluding hydrogens is 362 g/mol. The molecule has 0 unspecified atom stereocenters. The maximum atomic E-state index is 12.6. The Hall–Kier alpha value is -2.88. The maximum absolute atomic E-state index is 12.6. The number of benzene rings is 1. The first kappa shape index (κ1) is 20.8. The van der Waals surface area contributed by atoms with Crippen molar-refractivity contribution >= 4 is 16.9 Å². The van der Waals surface area contributed by atoms with Crippen molar-refractivity contribution in [3.8, 4) is 5.75 Å². The molecule has 0 radical (unpaired) electrons. The minimum absolute atomic E-state index is 0.203. The third-order valence-corrected chi connectivity index (χ3v) is 5.50. The van der Waals surface area contributed by atoms with Crippen molar-refractivity contribution in [2.45, 2.75) is 46.6 Å². The van der Waals surface area contributed by atoms with E-state index in [4.69, 9.17) is 4.74 Å². The van der Waals surface area contributed by atoms with Crippen molar-refractivity contribution in [1.29, 1.82) is 0 Å². The number of rotatable bonds is 8. The number of aromatic nitrogens is 1. The molecule has 0 saturated heterocycles. The molecule has 29 heavy (non-hydrogen) atoms. The van der Waals surface area contributed by atoms with E-state index in [2.05, 4.69) is 13.5 Å². The highest BCUT2D eigenvalue weighted by atomic mass is 16.5. The predicted molar refractivity (Wildman–Crippen MR) is 118 cm³/mol. The normalized spacial score (nSPS) is 14.3. The fraction of sp³-hybridized carbons (Fsp3) is 0.360. The number of methoxy groups -OCH3 is 1. The predicted octanol–water partition coefficient (Wildman–Crippen LogP) is 5.37. The minimum Gasteiger partial charge on any atom is -0.497 e. The van der Waals surface area contributed by atoms with Gasteiger partial charge in [0.2, 0.25) is 0 Å². The molecular formula is C25H29NO3. The first-order valence-electron chi connectivity index (χ1n) is 10.2. The van der Waals surface area contributed by atoms with E-state index in [1.54, 1.807) is 19.4 Å². The van der Waals surface area contributed by atoms with Crippen LogP contribution in [0.4, 0.5) is 0 Å². The second-order valence-corrected chi connectivity index (χ2v) is 7.71. The van der Waals surface area contributed by atoms with Crippen molar-refractivity contribution in [2.75, 3.05) is 7.11 Å². The SMILES string of the molecule is C=C(/C(=C(\C)c1cc(=O)c(C(C)=O)cn1CCC)c1ccc(OC)cc1)C1CC1. The second-order valence-electron chi connectivity index (χ2n) is 7.71. The summed E-state index contributed by atoms with van der Waals surface area (Å²) in [7, 11) is 1.65. The van der Waals surface area contributed by atoms with E-state index in [9.17, 15) is 9.59 Å². The van der Waals surface area contributed by atoms with Crippen LogP contribution < -0.4 is 10.2 Å². The Morgan fingerprint density at radius 2 is 1.86 bits per heavy atom. The molecule has 1 saturated carbocycles. The zero-order valence-corrected chi connectivity index (χ0v) is 17.7. The van der Waals surface area contributed by atoms with Crippen LogP contribution in [-0.2, 0) is 6.54 Å². The number of hydrogen-bond acceptors (Lipinski definition) is 3. The summed E-state index contributed by atoms with van der Waals surface area (Å²) < 4.78 is 7.33. The van der Waals surface area contributed by atoms with E-state index in [0.717, 1.165) is 59.5 Å². The van der Waals surface area contributed by atoms with Crippen molar-refractivity contribution in [3.05, 3.63) is 75.7 Å². The highest BCUT2D eigenvalue weighted by molar-refractivity contribution is 5.98. The molecule has 0 spiro atoms. The van der Waals surface area contributed by atoms with Crippen LogP contribution in [-0.4, -0.2) is 17.5 Å². The van der Waals surface area contributed by atoms with Crippen molar-refractivity contribution in [2.24, 2.45) is 5.92 Å². The molecule has 0 amide bonds. The number of carbonyl (C=O) groups is 1. The Bertz CT molecular complexity index is 1020. The van der Waals surface area contributed by atoms with Crippen LogP contribution in [0.1, 0.15) is 61.6 Å². The molecule has 152 valence electrons. The molecule has 4 heteroatoms. The average molecular weight is 392 g/mol. The van der Waals surface area contributed by atoms with Crippen LogP contribution in [0.2, 0.25) is 0 Å². The van der Waals surface area contributed by atoms with Gasteiger partial charge >= 0.3 is 0 Å². The monoisotopic (exact) mass is 391 g/mol. The van der Waals surface area contributed by atoms with Crippen LogP contribution >= 0.6 is 0 Å². The second kappa shape index (κ2) is 8.64. The lowest BCUT2D eigenvalue weighted by Crippen LogP contribution is -2.19. The molecule has 3 rings (SSSR count). The van der Waals surface area contributed by atoms with E-state index in [1.807, 2.05) is 35.8 Å². The molecule has 1 aromatic heterocycles. The zero-order chi connectivity index (χ0) is 21.1. The smallest absolute Gasteiger partial charge is 0.192 e. The average Bonchev–Trinajstić information content (AvgIpc) is 3.55. The third kappa shape index (κ3) is 4.42. The lowest BCUT2D eigenvalue weighted by molar-refractivity contribution is 0.101. The summed E-state index contributed by atoms with van der Waals surface area (Å²) in [6.45, 7) is 10.7. The summed E-state index contributed by atoms with van der Waals surface area (Å²) in [5, 5.41) is 0. The number of ketones is 1. The van der Waals surface area contributed by atoms with Gasteiger partial charge in [0.25, 0.3) is 0 Å². The Balaban J connectivity index is 2.22. The standard InChI is InChI=1S/C25H29NO3/c1-6-13-26-15-22(18(4)27)24(28)14-23(26)17(3)25(16(2)19-7-8-19)20-9-11-21(29-5)12-10-20/h9-12,14-15,19H,2,6-8,13H2,1,3-5H3/b25-17-. The van der Waals surface area contributed by atoms with Crippen LogP contribution in [0.25, 0.3) is 11.1 Å². The van der Waals surface area contributed by atoms with Crippen molar-refractivity contribution < 1.29 is 9.53 Å². The highest BCUT2D eigenvalue weighted by Crippen LogP contribution is 2.44. The summed E-state index contributed by atoms with van der Waals surface area (Å²) in [5.41, 5.74) is 5.11. The van der Waals surface area contributed by atoms with E-state index in [0.29, 0.717) is 5.92 Å². The van der Waals surface area contributed by atoms with E-state index < -0.39 is 0 Å². The summed E-state index contributed by atoms with van der Waals surface area (Å²) >= 11 is 0. The van der Waals surface area contributed by atoms with Crippen molar-refractivity contribution in [3.63, 3.8) is 0 Å². The molecule has 0 atom stereocenters. The number of carbonyl (C=O) groups excluding carboxylic acids is 1. The van der Waals surface area contributed by atoms with E-state index in [1.165, 1.54) is 6.92 Å². The van der Waals surface area contributed by atoms with Crippen molar-refractivity contribution in [1.82, 2.24) is 4.57 Å². The van der Waals surface area contributed by atoms with Crippen LogP contribution in [0.3, 0.4) is 0 Å². The van der Waals surface area contributed by atoms with Crippen LogP contribution in [0.5, 0.6) is 5.75 Å². The largest absolute Gasteiger partial charge is 0.497 e. The first-order chi connectivity index (χ1) is 13.9. The molecule has 1 fully saturated rings. The van der Waals surface area contributed by atoms with E-state index in [-0.39, 0.29) is 16.8 Å². The molecule has 2 aromatic rings. The number of nitrogens with zero attached hydrogens (tertiary/aromatic N) is 1. The highest BCUT2D eigenvalue weighted by Gasteiger charge is 2.29. The lowest BCUT2D eigenvalue weighted by Gasteiger charge is -2.20. The topological polar surface area (TPSA) is 48.3 Å². The fourth-order valence-corrected chi connectivity index (χ4v) is 3.75. The van der Waals surface area contributed by atoms with Gasteiger partial charge in [-0.1, -0.05) is 25.6 Å². The Labute approximate surface area is 172 Å². The molecule has 0 bridgehead atoms. The summed E-state index contributed by atoms with van der Waals surface area (Å²) in [6.07, 6.45) is 4.91. The summed E-state index contributed by atoms with van der Waals surface area (Å²) in [5.74, 6) is 1.09. The first-order valence-corrected chi connectivity index (χ1v) is 10.2. The molecule has 0 aliphatic heterocycles. The number of ether oxygens (including phenoxy) is 1. The van der Waals surface area contributed by atoms with Gasteiger partial charge in [-0.05, 0) is 73.4 Å². The van der Waals surface area contributed by atoms with Gasteiger partial charge in [-0.2, -0.15) is 0 Å². The van der Waals surface area contributed by atoms with Gasteiger partial charge in [-0.15, -0.1) is 0 Å². The zero-order valence-electron chi connectivity index (χ0n) is 17.7. The van der Waals surface area contributed by atoms with Gasteiger partial charge < -0.3 is 9.30 Å². The van der Waals surface area contributed by atoms with Crippen LogP contribution in [0.15, 0.2) is 53.5 Å². The number of hydrogen-bond donors (Lipinski definition) is 0. The van der Waals surface area contributed by atoms with Gasteiger partial charge in [0, 0.05) is 24.5 Å². The molecule has 1 aromatic carbocycles. The van der Waals surface area contributed by atoms with Gasteiger partial charge in [0.1, 0.15) is 5.75 Å². The third-order valence-electron chi connectivity index (χ3n) is 5.50. The lowest BCUT2D eigenvalue weighted by atomic mass is 9.90. The van der Waals surface area contributed by atoms with Gasteiger partial charge in [0.05, 0.1) is 12.7 Å². The van der Waals surface area contributed by atoms with Gasteiger partial charge in [-0.25, -0.2) is 0 Å². The Morgan fingerprint density at radius 1 is 1.21 bits per heavy atom. The number of allylic oxidation sites excluding steroid dienone is 3. The molecule has 1 aliphatic carbocycles. The number of aryl methyl sites for hydroxylation is 1. The maximum Gasteiger partial charge on any atom is 0.192 e. The molecule has 0 N–H and O–H groups in total. The fourth-order valence-electron chi connectivity index (χ4n) is 3.75. The number of Topliss-reactive ketones (excluding diaryl/α,β-unsaturated/α-hetero) is 1. The number of pyridine rings is 1. The molecule has 4 nitrogen and oxygen atoms in total. The Morgan fingerprint density at radius 3 is 2.38 bits per heavy atom. The van der Waals surface area contributed by atoms with E-state index >= 15 is 0 Å². The summed E-state index contributed by atoms with van der Waals surface area (Å²) in [6, 6.07) is 9.57. The van der Waals surface area contributed by atoms with Crippen LogP contribution in [0, 0.1) is 5.92 Å². The quantitative estimate of drug-likeness (QED) is 0.449. The summed E-state index contributed by atoms with van der Waals surface area (Å²) in [4.78, 5) is 24.5. The Kier molecular flexibility index (Phi) is 6.21. The minimum atomic E-state index is -0.231. The van der Waals surface area contributed by atoms with Gasteiger partial charge in [-0.3, -0.25) is 9.59 Å².